The van der Waals surface area contributed by atoms with Gasteiger partial charge in [0.2, 0.25) is 0 Å². The lowest BCUT2D eigenvalue weighted by Gasteiger charge is -2.28. The Morgan fingerprint density at radius 1 is 1.32 bits per heavy atom. The van der Waals surface area contributed by atoms with Gasteiger partial charge in [-0.3, -0.25) is 14.6 Å². The summed E-state index contributed by atoms with van der Waals surface area (Å²) in [6.07, 6.45) is 3.74. The highest BCUT2D eigenvalue weighted by Gasteiger charge is 2.34. The maximum atomic E-state index is 12.6. The van der Waals surface area contributed by atoms with Crippen LogP contribution >= 0.6 is 0 Å². The van der Waals surface area contributed by atoms with Gasteiger partial charge < -0.3 is 10.1 Å². The van der Waals surface area contributed by atoms with E-state index in [0.29, 0.717) is 18.4 Å². The van der Waals surface area contributed by atoms with Crippen LogP contribution in [0.4, 0.5) is 0 Å². The normalized spacial score (nSPS) is 18.6. The molecule has 6 nitrogen and oxygen atoms in total. The van der Waals surface area contributed by atoms with Crippen LogP contribution in [-0.2, 0) is 14.3 Å². The number of carbonyl (C=O) groups is 3. The molecular weight excluding hydrogens is 320 g/mol. The highest BCUT2D eigenvalue weighted by Crippen LogP contribution is 2.25. The first-order valence-corrected chi connectivity index (χ1v) is 8.33. The predicted octanol–water partition coefficient (Wildman–Crippen LogP) is 2.27. The van der Waals surface area contributed by atoms with Gasteiger partial charge in [-0.2, -0.15) is 0 Å². The van der Waals surface area contributed by atoms with Crippen molar-refractivity contribution >= 4 is 28.6 Å². The number of hydrogen-bond donors (Lipinski definition) is 1. The number of pyridine rings is 1. The van der Waals surface area contributed by atoms with Crippen LogP contribution in [0.3, 0.4) is 0 Å². The summed E-state index contributed by atoms with van der Waals surface area (Å²) in [5.41, 5.74) is 1.16. The Balaban J connectivity index is 1.81. The van der Waals surface area contributed by atoms with Crippen molar-refractivity contribution < 1.29 is 19.1 Å². The third kappa shape index (κ3) is 3.84. The number of hydrogen-bond acceptors (Lipinski definition) is 5. The average Bonchev–Trinajstić information content (AvgIpc) is 2.64. The number of nitrogens with zero attached hydrogens (tertiary/aromatic N) is 1. The molecule has 2 aromatic rings. The zero-order chi connectivity index (χ0) is 17.8. The number of rotatable bonds is 4. The highest BCUT2D eigenvalue weighted by molar-refractivity contribution is 5.99. The van der Waals surface area contributed by atoms with Crippen LogP contribution < -0.4 is 5.32 Å². The zero-order valence-electron chi connectivity index (χ0n) is 14.0. The van der Waals surface area contributed by atoms with E-state index in [1.54, 1.807) is 6.07 Å². The van der Waals surface area contributed by atoms with E-state index in [1.807, 2.05) is 24.3 Å². The van der Waals surface area contributed by atoms with Crippen molar-refractivity contribution in [3.8, 4) is 0 Å². The Kier molecular flexibility index (Phi) is 5.07. The number of fused-ring (bicyclic) bond motifs is 1. The fraction of sp³-hybridized carbons (Fsp3) is 0.368. The van der Waals surface area contributed by atoms with E-state index in [9.17, 15) is 14.4 Å². The topological polar surface area (TPSA) is 85.4 Å². The fourth-order valence-corrected chi connectivity index (χ4v) is 3.26. The summed E-state index contributed by atoms with van der Waals surface area (Å²) in [5, 5.41) is 3.58. The molecule has 0 unspecified atom stereocenters. The van der Waals surface area contributed by atoms with Gasteiger partial charge in [0.25, 0.3) is 5.91 Å². The number of carbonyl (C=O) groups excluding carboxylic acids is 3. The van der Waals surface area contributed by atoms with Gasteiger partial charge in [-0.1, -0.05) is 18.2 Å². The molecule has 0 aliphatic heterocycles. The molecule has 1 amide bonds. The number of aromatic nitrogens is 1. The standard InChI is InChI=1S/C19H20N2O4/c1-25-19(24)17(13-6-4-7-15(22)10-13)21-18(23)14-9-12-5-2-3-8-16(12)20-11-14/h2-3,5,8-9,11,13,17H,4,6-7,10H2,1H3,(H,21,23)/t13-,17+/m0/s1. The molecule has 2 atom stereocenters. The molecule has 0 saturated heterocycles. The van der Waals surface area contributed by atoms with Crippen LogP contribution in [0.5, 0.6) is 0 Å². The highest BCUT2D eigenvalue weighted by atomic mass is 16.5. The molecule has 1 aromatic carbocycles. The lowest BCUT2D eigenvalue weighted by Crippen LogP contribution is -2.48. The fourth-order valence-electron chi connectivity index (χ4n) is 3.26. The van der Waals surface area contributed by atoms with Crippen molar-refractivity contribution in [2.45, 2.75) is 31.7 Å². The van der Waals surface area contributed by atoms with E-state index in [4.69, 9.17) is 4.74 Å². The Morgan fingerprint density at radius 3 is 2.88 bits per heavy atom. The first kappa shape index (κ1) is 17.1. The number of methoxy groups -OCH3 is 1. The summed E-state index contributed by atoms with van der Waals surface area (Å²) in [4.78, 5) is 40.7. The lowest BCUT2D eigenvalue weighted by molar-refractivity contribution is -0.145. The van der Waals surface area contributed by atoms with Crippen LogP contribution in [0.1, 0.15) is 36.0 Å². The van der Waals surface area contributed by atoms with E-state index < -0.39 is 17.9 Å². The molecule has 130 valence electrons. The number of Topliss-reactive ketones (excluding diaryl/α,β-unsaturated/α-hetero) is 1. The van der Waals surface area contributed by atoms with Crippen LogP contribution in [0, 0.1) is 5.92 Å². The van der Waals surface area contributed by atoms with Crippen molar-refractivity contribution in [1.29, 1.82) is 0 Å². The van der Waals surface area contributed by atoms with Crippen molar-refractivity contribution in [3.63, 3.8) is 0 Å². The van der Waals surface area contributed by atoms with E-state index in [1.165, 1.54) is 13.3 Å². The summed E-state index contributed by atoms with van der Waals surface area (Å²) in [6.45, 7) is 0. The van der Waals surface area contributed by atoms with Crippen LogP contribution in [0.2, 0.25) is 0 Å². The number of amides is 1. The largest absolute Gasteiger partial charge is 0.467 e. The summed E-state index contributed by atoms with van der Waals surface area (Å²) in [6, 6.07) is 8.39. The second-order valence-corrected chi connectivity index (χ2v) is 6.29. The molecule has 1 saturated carbocycles. The van der Waals surface area contributed by atoms with Gasteiger partial charge in [-0.05, 0) is 30.9 Å². The Labute approximate surface area is 145 Å². The summed E-state index contributed by atoms with van der Waals surface area (Å²) >= 11 is 0. The molecule has 1 N–H and O–H groups in total. The zero-order valence-corrected chi connectivity index (χ0v) is 14.0. The van der Waals surface area contributed by atoms with Crippen molar-refractivity contribution in [2.24, 2.45) is 5.92 Å². The maximum absolute atomic E-state index is 12.6. The monoisotopic (exact) mass is 340 g/mol. The molecule has 25 heavy (non-hydrogen) atoms. The molecular formula is C19H20N2O4. The third-order valence-electron chi connectivity index (χ3n) is 4.59. The summed E-state index contributed by atoms with van der Waals surface area (Å²) in [7, 11) is 1.28. The number of nitrogens with one attached hydrogen (secondary N) is 1. The number of ether oxygens (including phenoxy) is 1. The molecule has 1 aliphatic rings. The van der Waals surface area contributed by atoms with Gasteiger partial charge in [0.05, 0.1) is 18.2 Å². The second kappa shape index (κ2) is 7.42. The average molecular weight is 340 g/mol. The smallest absolute Gasteiger partial charge is 0.328 e. The minimum atomic E-state index is -0.826. The second-order valence-electron chi connectivity index (χ2n) is 6.29. The quantitative estimate of drug-likeness (QED) is 0.863. The predicted molar refractivity (Wildman–Crippen MR) is 92.0 cm³/mol. The van der Waals surface area contributed by atoms with Crippen molar-refractivity contribution in [2.75, 3.05) is 7.11 Å². The SMILES string of the molecule is COC(=O)[C@H](NC(=O)c1cnc2ccccc2c1)[C@H]1CCCC(=O)C1. The van der Waals surface area contributed by atoms with Crippen molar-refractivity contribution in [1.82, 2.24) is 10.3 Å². The van der Waals surface area contributed by atoms with Gasteiger partial charge in [0, 0.05) is 24.4 Å². The maximum Gasteiger partial charge on any atom is 0.328 e. The number of ketones is 1. The van der Waals surface area contributed by atoms with Gasteiger partial charge in [-0.15, -0.1) is 0 Å². The summed E-state index contributed by atoms with van der Waals surface area (Å²) in [5.74, 6) is -1.04. The van der Waals surface area contributed by atoms with Crippen LogP contribution in [-0.4, -0.2) is 35.8 Å². The van der Waals surface area contributed by atoms with Gasteiger partial charge >= 0.3 is 5.97 Å². The minimum absolute atomic E-state index is 0.117. The van der Waals surface area contributed by atoms with Crippen LogP contribution in [0.15, 0.2) is 36.5 Å². The van der Waals surface area contributed by atoms with Crippen LogP contribution in [0.25, 0.3) is 10.9 Å². The number of benzene rings is 1. The molecule has 0 radical (unpaired) electrons. The molecule has 0 spiro atoms. The van der Waals surface area contributed by atoms with E-state index in [-0.39, 0.29) is 18.1 Å². The van der Waals surface area contributed by atoms with E-state index in [0.717, 1.165) is 17.3 Å². The molecule has 0 bridgehead atoms. The van der Waals surface area contributed by atoms with Gasteiger partial charge in [0.1, 0.15) is 11.8 Å². The van der Waals surface area contributed by atoms with E-state index in [2.05, 4.69) is 10.3 Å². The third-order valence-corrected chi connectivity index (χ3v) is 4.59. The molecule has 3 rings (SSSR count). The molecule has 6 heteroatoms. The lowest BCUT2D eigenvalue weighted by atomic mass is 9.83. The van der Waals surface area contributed by atoms with E-state index >= 15 is 0 Å². The summed E-state index contributed by atoms with van der Waals surface area (Å²) < 4.78 is 4.83. The Morgan fingerprint density at radius 2 is 2.12 bits per heavy atom. The molecule has 1 aromatic heterocycles. The number of esters is 1. The first-order chi connectivity index (χ1) is 12.1. The molecule has 1 aliphatic carbocycles. The Hall–Kier alpha value is -2.76. The Bertz CT molecular complexity index is 818. The van der Waals surface area contributed by atoms with Gasteiger partial charge in [-0.25, -0.2) is 4.79 Å². The molecule has 1 fully saturated rings. The van der Waals surface area contributed by atoms with Gasteiger partial charge in [0.15, 0.2) is 0 Å². The first-order valence-electron chi connectivity index (χ1n) is 8.33. The number of para-hydroxylation sites is 1. The van der Waals surface area contributed by atoms with Crippen molar-refractivity contribution in [3.05, 3.63) is 42.1 Å². The minimum Gasteiger partial charge on any atom is -0.467 e. The molecule has 1 heterocycles.